The molecule has 0 aliphatic heterocycles. The molecule has 8 heteroatoms. The third-order valence-corrected chi connectivity index (χ3v) is 3.47. The fourth-order valence-electron chi connectivity index (χ4n) is 1.78. The number of hydrogen-bond donors (Lipinski definition) is 2. The first-order chi connectivity index (χ1) is 9.18. The van der Waals surface area contributed by atoms with Crippen molar-refractivity contribution >= 4 is 29.2 Å². The molecule has 108 valence electrons. The normalized spacial score (nSPS) is 16.6. The lowest BCUT2D eigenvalue weighted by molar-refractivity contribution is -0.147. The lowest BCUT2D eigenvalue weighted by Crippen LogP contribution is -2.32. The van der Waals surface area contributed by atoms with Gasteiger partial charge in [-0.25, -0.2) is 0 Å². The predicted octanol–water partition coefficient (Wildman–Crippen LogP) is 3.16. The fraction of sp³-hybridized carbons (Fsp3) is 0.333. The monoisotopic (exact) mass is 307 g/mol. The summed E-state index contributed by atoms with van der Waals surface area (Å²) >= 11 is 5.67. The van der Waals surface area contributed by atoms with E-state index in [-0.39, 0.29) is 17.9 Å². The number of nitrogens with one attached hydrogen (secondary N) is 1. The van der Waals surface area contributed by atoms with Crippen LogP contribution in [0.5, 0.6) is 0 Å². The van der Waals surface area contributed by atoms with Gasteiger partial charge in [-0.05, 0) is 25.0 Å². The molecule has 0 bridgehead atoms. The van der Waals surface area contributed by atoms with E-state index in [1.165, 1.54) is 6.07 Å². The molecule has 4 nitrogen and oxygen atoms in total. The number of rotatable bonds is 3. The molecule has 20 heavy (non-hydrogen) atoms. The summed E-state index contributed by atoms with van der Waals surface area (Å²) in [4.78, 5) is 22.8. The van der Waals surface area contributed by atoms with Crippen molar-refractivity contribution in [2.24, 2.45) is 5.41 Å². The maximum absolute atomic E-state index is 12.8. The van der Waals surface area contributed by atoms with Crippen LogP contribution in [-0.4, -0.2) is 17.0 Å². The summed E-state index contributed by atoms with van der Waals surface area (Å²) in [7, 11) is 0. The van der Waals surface area contributed by atoms with E-state index < -0.39 is 34.7 Å². The SMILES string of the molecule is O=C(O)C1(C(=O)Nc2c(Cl)cccc2C(F)(F)F)CC1. The van der Waals surface area contributed by atoms with E-state index in [0.29, 0.717) is 0 Å². The van der Waals surface area contributed by atoms with Crippen molar-refractivity contribution in [1.29, 1.82) is 0 Å². The number of amides is 1. The Hall–Kier alpha value is -1.76. The fourth-order valence-corrected chi connectivity index (χ4v) is 2.01. The van der Waals surface area contributed by atoms with Crippen LogP contribution in [0.3, 0.4) is 0 Å². The van der Waals surface area contributed by atoms with E-state index >= 15 is 0 Å². The maximum Gasteiger partial charge on any atom is 0.418 e. The predicted molar refractivity (Wildman–Crippen MR) is 64.4 cm³/mol. The molecule has 0 spiro atoms. The van der Waals surface area contributed by atoms with Crippen molar-refractivity contribution in [2.45, 2.75) is 19.0 Å². The zero-order valence-corrected chi connectivity index (χ0v) is 10.7. The Kier molecular flexibility index (Phi) is 3.41. The van der Waals surface area contributed by atoms with Gasteiger partial charge in [0, 0.05) is 0 Å². The first-order valence-corrected chi connectivity index (χ1v) is 5.97. The Balaban J connectivity index is 2.35. The number of carbonyl (C=O) groups is 2. The molecule has 0 unspecified atom stereocenters. The van der Waals surface area contributed by atoms with Gasteiger partial charge in [-0.15, -0.1) is 0 Å². The third-order valence-electron chi connectivity index (χ3n) is 3.15. The third kappa shape index (κ3) is 2.45. The Labute approximate surface area is 116 Å². The summed E-state index contributed by atoms with van der Waals surface area (Å²) in [6.07, 6.45) is -4.51. The van der Waals surface area contributed by atoms with Crippen molar-refractivity contribution < 1.29 is 27.9 Å². The summed E-state index contributed by atoms with van der Waals surface area (Å²) in [5.74, 6) is -2.33. The molecule has 1 fully saturated rings. The van der Waals surface area contributed by atoms with Gasteiger partial charge in [0.15, 0.2) is 0 Å². The van der Waals surface area contributed by atoms with Crippen LogP contribution in [-0.2, 0) is 15.8 Å². The lowest BCUT2D eigenvalue weighted by Gasteiger charge is -2.17. The van der Waals surface area contributed by atoms with Crippen LogP contribution in [0, 0.1) is 5.41 Å². The molecule has 0 radical (unpaired) electrons. The number of halogens is 4. The van der Waals surface area contributed by atoms with Crippen molar-refractivity contribution in [3.8, 4) is 0 Å². The van der Waals surface area contributed by atoms with E-state index in [1.807, 2.05) is 5.32 Å². The highest BCUT2D eigenvalue weighted by atomic mass is 35.5. The van der Waals surface area contributed by atoms with Gasteiger partial charge < -0.3 is 10.4 Å². The first-order valence-electron chi connectivity index (χ1n) is 5.59. The second kappa shape index (κ2) is 4.66. The largest absolute Gasteiger partial charge is 0.480 e. The van der Waals surface area contributed by atoms with Crippen LogP contribution < -0.4 is 5.32 Å². The van der Waals surface area contributed by atoms with Crippen LogP contribution in [0.15, 0.2) is 18.2 Å². The summed E-state index contributed by atoms with van der Waals surface area (Å²) in [5.41, 5.74) is -3.36. The molecule has 0 saturated heterocycles. The van der Waals surface area contributed by atoms with E-state index in [2.05, 4.69) is 0 Å². The van der Waals surface area contributed by atoms with Crippen LogP contribution in [0.25, 0.3) is 0 Å². The smallest absolute Gasteiger partial charge is 0.418 e. The second-order valence-electron chi connectivity index (χ2n) is 4.50. The highest BCUT2D eigenvalue weighted by molar-refractivity contribution is 6.34. The van der Waals surface area contributed by atoms with E-state index in [4.69, 9.17) is 16.7 Å². The quantitative estimate of drug-likeness (QED) is 0.843. The van der Waals surface area contributed by atoms with Crippen LogP contribution >= 0.6 is 11.6 Å². The van der Waals surface area contributed by atoms with Crippen molar-refractivity contribution in [1.82, 2.24) is 0 Å². The second-order valence-corrected chi connectivity index (χ2v) is 4.91. The molecule has 1 aromatic rings. The first kappa shape index (κ1) is 14.6. The number of para-hydroxylation sites is 1. The summed E-state index contributed by atoms with van der Waals surface area (Å²) in [6, 6.07) is 3.06. The highest BCUT2D eigenvalue weighted by Gasteiger charge is 2.57. The zero-order valence-electron chi connectivity index (χ0n) is 9.92. The Morgan fingerprint density at radius 3 is 2.35 bits per heavy atom. The van der Waals surface area contributed by atoms with Crippen LogP contribution in [0.2, 0.25) is 5.02 Å². The molecule has 1 aromatic carbocycles. The van der Waals surface area contributed by atoms with Gasteiger partial charge in [-0.1, -0.05) is 17.7 Å². The van der Waals surface area contributed by atoms with Gasteiger partial charge in [-0.3, -0.25) is 9.59 Å². The molecule has 0 aromatic heterocycles. The van der Waals surface area contributed by atoms with Gasteiger partial charge >= 0.3 is 12.1 Å². The van der Waals surface area contributed by atoms with Gasteiger partial charge in [0.05, 0.1) is 16.3 Å². The van der Waals surface area contributed by atoms with Crippen molar-refractivity contribution in [3.05, 3.63) is 28.8 Å². The van der Waals surface area contributed by atoms with E-state index in [1.54, 1.807) is 0 Å². The minimum absolute atomic E-state index is 0.0972. The Morgan fingerprint density at radius 1 is 1.30 bits per heavy atom. The molecule has 2 N–H and O–H groups in total. The molecule has 2 rings (SSSR count). The number of aliphatic carboxylic acids is 1. The van der Waals surface area contributed by atoms with E-state index in [9.17, 15) is 22.8 Å². The molecule has 1 aliphatic rings. The number of anilines is 1. The number of carboxylic acids is 1. The Morgan fingerprint density at radius 2 is 1.90 bits per heavy atom. The topological polar surface area (TPSA) is 66.4 Å². The average Bonchev–Trinajstić information content (AvgIpc) is 3.11. The Bertz CT molecular complexity index is 582. The van der Waals surface area contributed by atoms with Gasteiger partial charge in [0.25, 0.3) is 0 Å². The standard InChI is InChI=1S/C12H9ClF3NO3/c13-7-3-1-2-6(12(14,15)16)8(7)17-9(18)11(4-5-11)10(19)20/h1-3H,4-5H2,(H,17,18)(H,19,20). The van der Waals surface area contributed by atoms with Crippen molar-refractivity contribution in [2.75, 3.05) is 5.32 Å². The van der Waals surface area contributed by atoms with Gasteiger partial charge in [0.1, 0.15) is 5.41 Å². The number of hydrogen-bond acceptors (Lipinski definition) is 2. The molecule has 1 aliphatic carbocycles. The molecular formula is C12H9ClF3NO3. The van der Waals surface area contributed by atoms with Crippen LogP contribution in [0.4, 0.5) is 18.9 Å². The summed E-state index contributed by atoms with van der Waals surface area (Å²) in [6.45, 7) is 0. The van der Waals surface area contributed by atoms with E-state index in [0.717, 1.165) is 12.1 Å². The molecular weight excluding hydrogens is 299 g/mol. The zero-order chi connectivity index (χ0) is 15.1. The summed E-state index contributed by atoms with van der Waals surface area (Å²) in [5, 5.41) is 10.6. The molecule has 0 atom stereocenters. The molecule has 1 amide bonds. The minimum atomic E-state index is -4.70. The van der Waals surface area contributed by atoms with Crippen molar-refractivity contribution in [3.63, 3.8) is 0 Å². The minimum Gasteiger partial charge on any atom is -0.480 e. The molecule has 1 saturated carbocycles. The van der Waals surface area contributed by atoms with Gasteiger partial charge in [0.2, 0.25) is 5.91 Å². The highest BCUT2D eigenvalue weighted by Crippen LogP contribution is 2.48. The number of carboxylic acid groups (broad SMARTS) is 1. The van der Waals surface area contributed by atoms with Gasteiger partial charge in [-0.2, -0.15) is 13.2 Å². The lowest BCUT2D eigenvalue weighted by atomic mass is 10.1. The van der Waals surface area contributed by atoms with Crippen LogP contribution in [0.1, 0.15) is 18.4 Å². The average molecular weight is 308 g/mol. The number of alkyl halides is 3. The molecule has 0 heterocycles. The number of carbonyl (C=O) groups excluding carboxylic acids is 1. The number of benzene rings is 1. The maximum atomic E-state index is 12.8. The summed E-state index contributed by atoms with van der Waals surface area (Å²) < 4.78 is 38.5.